The highest BCUT2D eigenvalue weighted by Gasteiger charge is 2.52. The summed E-state index contributed by atoms with van der Waals surface area (Å²) < 4.78 is 6.92. The Morgan fingerprint density at radius 2 is 1.40 bits per heavy atom. The van der Waals surface area contributed by atoms with Crippen LogP contribution >= 0.6 is 0 Å². The zero-order valence-corrected chi connectivity index (χ0v) is 16.5. The average molecular weight is 353 g/mol. The Morgan fingerprint density at radius 3 is 1.84 bits per heavy atom. The lowest BCUT2D eigenvalue weighted by atomic mass is 9.97. The van der Waals surface area contributed by atoms with E-state index in [-0.39, 0.29) is 16.9 Å². The van der Waals surface area contributed by atoms with Gasteiger partial charge in [-0.2, -0.15) is 0 Å². The molecule has 0 spiro atoms. The summed E-state index contributed by atoms with van der Waals surface area (Å²) in [6.07, 6.45) is 3.32. The predicted molar refractivity (Wildman–Crippen MR) is 106 cm³/mol. The lowest BCUT2D eigenvalue weighted by Gasteiger charge is -2.45. The third kappa shape index (κ3) is 3.49. The van der Waals surface area contributed by atoms with Gasteiger partial charge in [0.1, 0.15) is 6.10 Å². The van der Waals surface area contributed by atoms with Crippen molar-refractivity contribution >= 4 is 24.5 Å². The fourth-order valence-corrected chi connectivity index (χ4v) is 8.67. The van der Waals surface area contributed by atoms with E-state index >= 15 is 0 Å². The van der Waals surface area contributed by atoms with Crippen LogP contribution in [0.25, 0.3) is 0 Å². The molecule has 0 saturated heterocycles. The van der Waals surface area contributed by atoms with Crippen molar-refractivity contribution in [1.82, 2.24) is 0 Å². The molecule has 0 radical (unpaired) electrons. The van der Waals surface area contributed by atoms with Gasteiger partial charge in [-0.3, -0.25) is 4.79 Å². The normalized spacial score (nSPS) is 19.0. The minimum Gasteiger partial charge on any atom is -0.397 e. The van der Waals surface area contributed by atoms with Crippen molar-refractivity contribution < 1.29 is 9.22 Å². The van der Waals surface area contributed by atoms with E-state index in [0.717, 1.165) is 19.3 Å². The summed E-state index contributed by atoms with van der Waals surface area (Å²) >= 11 is 0. The van der Waals surface area contributed by atoms with Gasteiger partial charge < -0.3 is 4.43 Å². The molecule has 1 saturated carbocycles. The Hall–Kier alpha value is -1.71. The van der Waals surface area contributed by atoms with Crippen LogP contribution in [0.1, 0.15) is 46.5 Å². The lowest BCUT2D eigenvalue weighted by molar-refractivity contribution is -0.128. The first kappa shape index (κ1) is 18.1. The van der Waals surface area contributed by atoms with Crippen LogP contribution in [0.3, 0.4) is 0 Å². The molecule has 1 unspecified atom stereocenters. The van der Waals surface area contributed by atoms with Crippen molar-refractivity contribution in [3.8, 4) is 0 Å². The highest BCUT2D eigenvalue weighted by molar-refractivity contribution is 6.99. The second-order valence-electron chi connectivity index (χ2n) is 7.98. The third-order valence-electron chi connectivity index (χ3n) is 5.23. The number of carbonyl (C=O) groups is 1. The first-order valence-electron chi connectivity index (χ1n) is 9.27. The van der Waals surface area contributed by atoms with Crippen LogP contribution < -0.4 is 10.4 Å². The molecule has 132 valence electrons. The van der Waals surface area contributed by atoms with E-state index in [2.05, 4.69) is 69.3 Å². The largest absolute Gasteiger partial charge is 0.397 e. The molecule has 0 amide bonds. The number of hydrogen-bond acceptors (Lipinski definition) is 2. The lowest BCUT2D eigenvalue weighted by Crippen LogP contribution is -2.68. The van der Waals surface area contributed by atoms with Gasteiger partial charge in [0.15, 0.2) is 5.78 Å². The van der Waals surface area contributed by atoms with E-state index in [4.69, 9.17) is 4.43 Å². The second kappa shape index (κ2) is 7.26. The molecule has 0 aromatic heterocycles. The number of hydrogen-bond donors (Lipinski definition) is 0. The fraction of sp³-hybridized carbons (Fsp3) is 0.409. The van der Waals surface area contributed by atoms with Crippen LogP contribution in [0.4, 0.5) is 0 Å². The topological polar surface area (TPSA) is 26.3 Å². The molecule has 1 atom stereocenters. The summed E-state index contributed by atoms with van der Waals surface area (Å²) in [5, 5.41) is 2.41. The Balaban J connectivity index is 2.17. The number of Topliss-reactive ketones (excluding diaryl/α,β-unsaturated/α-hetero) is 1. The second-order valence-corrected chi connectivity index (χ2v) is 12.2. The minimum absolute atomic E-state index is 0.0760. The smallest absolute Gasteiger partial charge is 0.262 e. The predicted octanol–water partition coefficient (Wildman–Crippen LogP) is 4.07. The maximum Gasteiger partial charge on any atom is 0.262 e. The van der Waals surface area contributed by atoms with Crippen LogP contribution in [-0.2, 0) is 9.22 Å². The maximum absolute atomic E-state index is 12.6. The van der Waals surface area contributed by atoms with Crippen LogP contribution in [-0.4, -0.2) is 20.2 Å². The molecule has 0 N–H and O–H groups in total. The number of ketones is 1. The molecule has 1 fully saturated rings. The zero-order chi connectivity index (χ0) is 17.9. The first-order valence-corrected chi connectivity index (χ1v) is 11.2. The van der Waals surface area contributed by atoms with Gasteiger partial charge in [-0.15, -0.1) is 0 Å². The summed E-state index contributed by atoms with van der Waals surface area (Å²) in [5.41, 5.74) is 0. The van der Waals surface area contributed by atoms with Crippen molar-refractivity contribution in [3.63, 3.8) is 0 Å². The molecular formula is C22H28O2Si. The van der Waals surface area contributed by atoms with E-state index in [9.17, 15) is 4.79 Å². The molecule has 3 rings (SSSR count). The maximum atomic E-state index is 12.6. The van der Waals surface area contributed by atoms with Crippen LogP contribution in [0.2, 0.25) is 5.04 Å². The first-order chi connectivity index (χ1) is 11.9. The fourth-order valence-electron chi connectivity index (χ4n) is 3.98. The minimum atomic E-state index is -2.60. The van der Waals surface area contributed by atoms with Crippen molar-refractivity contribution in [2.45, 2.75) is 57.6 Å². The number of rotatable bonds is 4. The molecule has 0 bridgehead atoms. The number of carbonyl (C=O) groups excluding carboxylic acids is 1. The molecule has 25 heavy (non-hydrogen) atoms. The van der Waals surface area contributed by atoms with Crippen LogP contribution in [0.15, 0.2) is 60.7 Å². The van der Waals surface area contributed by atoms with E-state index < -0.39 is 8.32 Å². The van der Waals surface area contributed by atoms with E-state index in [1.165, 1.54) is 10.4 Å². The molecule has 3 heteroatoms. The summed E-state index contributed by atoms with van der Waals surface area (Å²) in [4.78, 5) is 12.6. The van der Waals surface area contributed by atoms with Gasteiger partial charge in [0.05, 0.1) is 0 Å². The highest BCUT2D eigenvalue weighted by Crippen LogP contribution is 2.38. The summed E-state index contributed by atoms with van der Waals surface area (Å²) in [7, 11) is -2.60. The molecule has 0 heterocycles. The summed E-state index contributed by atoms with van der Waals surface area (Å²) in [6.45, 7) is 6.77. The Labute approximate surface area is 152 Å². The van der Waals surface area contributed by atoms with Crippen molar-refractivity contribution in [3.05, 3.63) is 60.7 Å². The van der Waals surface area contributed by atoms with Gasteiger partial charge in [-0.05, 0) is 28.3 Å². The van der Waals surface area contributed by atoms with Crippen LogP contribution in [0.5, 0.6) is 0 Å². The molecule has 2 aromatic carbocycles. The quantitative estimate of drug-likeness (QED) is 0.775. The third-order valence-corrected chi connectivity index (χ3v) is 10.3. The monoisotopic (exact) mass is 352 g/mol. The average Bonchev–Trinajstić information content (AvgIpc) is 2.61. The Kier molecular flexibility index (Phi) is 5.26. The van der Waals surface area contributed by atoms with Gasteiger partial charge in [-0.1, -0.05) is 87.9 Å². The summed E-state index contributed by atoms with van der Waals surface area (Å²) in [5.74, 6) is 0.277. The Morgan fingerprint density at radius 1 is 0.880 bits per heavy atom. The summed E-state index contributed by atoms with van der Waals surface area (Å²) in [6, 6.07) is 21.1. The van der Waals surface area contributed by atoms with Gasteiger partial charge in [0.25, 0.3) is 8.32 Å². The standard InChI is InChI=1S/C22H28O2Si/c1-22(2,3)25(18-12-6-4-7-13-18,19-14-8-5-9-15-19)24-21-17-11-10-16-20(21)23/h4-9,12-15,21H,10-11,16-17H2,1-3H3. The van der Waals surface area contributed by atoms with Gasteiger partial charge in [0, 0.05) is 6.42 Å². The van der Waals surface area contributed by atoms with Gasteiger partial charge in [-0.25, -0.2) is 0 Å². The SMILES string of the molecule is CC(C)(C)[Si](OC1CCCCC1=O)(c1ccccc1)c1ccccc1. The zero-order valence-electron chi connectivity index (χ0n) is 15.5. The number of benzene rings is 2. The van der Waals surface area contributed by atoms with Crippen molar-refractivity contribution in [2.75, 3.05) is 0 Å². The Bertz CT molecular complexity index is 664. The highest BCUT2D eigenvalue weighted by atomic mass is 28.4. The van der Waals surface area contributed by atoms with Crippen molar-refractivity contribution in [1.29, 1.82) is 0 Å². The van der Waals surface area contributed by atoms with Gasteiger partial charge in [0.2, 0.25) is 0 Å². The molecule has 1 aliphatic carbocycles. The van der Waals surface area contributed by atoms with Crippen molar-refractivity contribution in [2.24, 2.45) is 0 Å². The molecule has 2 nitrogen and oxygen atoms in total. The van der Waals surface area contributed by atoms with Gasteiger partial charge >= 0.3 is 0 Å². The molecular weight excluding hydrogens is 324 g/mol. The van der Waals surface area contributed by atoms with E-state index in [0.29, 0.717) is 6.42 Å². The van der Waals surface area contributed by atoms with E-state index in [1.54, 1.807) is 0 Å². The molecule has 0 aliphatic heterocycles. The van der Waals surface area contributed by atoms with E-state index in [1.807, 2.05) is 12.1 Å². The van der Waals surface area contributed by atoms with Crippen LogP contribution in [0, 0.1) is 0 Å². The molecule has 1 aliphatic rings. The molecule has 2 aromatic rings.